The quantitative estimate of drug-likeness (QED) is 0.643. The number of hydrogen-bond acceptors (Lipinski definition) is 4. The maximum absolute atomic E-state index is 12.3. The van der Waals surface area contributed by atoms with Gasteiger partial charge in [0.05, 0.1) is 5.56 Å². The summed E-state index contributed by atoms with van der Waals surface area (Å²) < 4.78 is 5.31. The van der Waals surface area contributed by atoms with Crippen molar-refractivity contribution >= 4 is 34.7 Å². The molecule has 2 heterocycles. The minimum absolute atomic E-state index is 0.0152. The molecular formula is C18H13ClO4S. The molecular weight excluding hydrogens is 348 g/mol. The lowest BCUT2D eigenvalue weighted by Crippen LogP contribution is -2.07. The van der Waals surface area contributed by atoms with Gasteiger partial charge in [0, 0.05) is 16.3 Å². The van der Waals surface area contributed by atoms with Gasteiger partial charge in [-0.2, -0.15) is 0 Å². The summed E-state index contributed by atoms with van der Waals surface area (Å²) in [4.78, 5) is 24.6. The van der Waals surface area contributed by atoms with Crippen molar-refractivity contribution < 1.29 is 19.1 Å². The maximum atomic E-state index is 12.3. The Kier molecular flexibility index (Phi) is 4.55. The minimum atomic E-state index is -1.06. The van der Waals surface area contributed by atoms with Gasteiger partial charge in [-0.25, -0.2) is 4.79 Å². The van der Waals surface area contributed by atoms with Crippen LogP contribution in [-0.4, -0.2) is 16.9 Å². The van der Waals surface area contributed by atoms with Gasteiger partial charge in [0.2, 0.25) is 5.78 Å². The zero-order valence-electron chi connectivity index (χ0n) is 12.7. The highest BCUT2D eigenvalue weighted by molar-refractivity contribution is 7.14. The maximum Gasteiger partial charge on any atom is 0.337 e. The fraction of sp³-hybridized carbons (Fsp3) is 0.111. The van der Waals surface area contributed by atoms with Gasteiger partial charge >= 0.3 is 5.97 Å². The van der Waals surface area contributed by atoms with Crippen LogP contribution in [0.15, 0.2) is 46.2 Å². The lowest BCUT2D eigenvalue weighted by Gasteiger charge is -2.03. The molecule has 0 aliphatic rings. The first-order valence-corrected chi connectivity index (χ1v) is 8.40. The Labute approximate surface area is 147 Å². The van der Waals surface area contributed by atoms with Crippen LogP contribution in [0.3, 0.4) is 0 Å². The molecule has 3 aromatic rings. The molecule has 1 N–H and O–H groups in total. The van der Waals surface area contributed by atoms with E-state index in [-0.39, 0.29) is 23.5 Å². The van der Waals surface area contributed by atoms with Crippen molar-refractivity contribution in [3.8, 4) is 10.4 Å². The van der Waals surface area contributed by atoms with E-state index in [4.69, 9.17) is 16.0 Å². The third-order valence-electron chi connectivity index (χ3n) is 3.55. The number of Topliss-reactive ketones (excluding diaryl/α,β-unsaturated/α-hetero) is 1. The first-order chi connectivity index (χ1) is 11.5. The van der Waals surface area contributed by atoms with Crippen molar-refractivity contribution in [1.82, 2.24) is 0 Å². The van der Waals surface area contributed by atoms with Crippen molar-refractivity contribution in [2.45, 2.75) is 13.3 Å². The number of carbonyl (C=O) groups excluding carboxylic acids is 1. The Morgan fingerprint density at radius 3 is 2.46 bits per heavy atom. The number of carboxylic acid groups (broad SMARTS) is 1. The van der Waals surface area contributed by atoms with E-state index in [1.165, 1.54) is 11.3 Å². The summed E-state index contributed by atoms with van der Waals surface area (Å²) in [5.74, 6) is -0.419. The van der Waals surface area contributed by atoms with Crippen LogP contribution in [0.5, 0.6) is 0 Å². The largest absolute Gasteiger partial charge is 0.478 e. The molecule has 1 aromatic carbocycles. The van der Waals surface area contributed by atoms with Gasteiger partial charge in [0.1, 0.15) is 5.76 Å². The van der Waals surface area contributed by atoms with Gasteiger partial charge in [0.15, 0.2) is 5.76 Å². The van der Waals surface area contributed by atoms with Crippen molar-refractivity contribution in [3.05, 3.63) is 69.4 Å². The van der Waals surface area contributed by atoms with Crippen molar-refractivity contribution in [1.29, 1.82) is 0 Å². The Morgan fingerprint density at radius 1 is 1.17 bits per heavy atom. The average Bonchev–Trinajstić information content (AvgIpc) is 3.14. The Morgan fingerprint density at radius 2 is 1.88 bits per heavy atom. The molecule has 2 aromatic heterocycles. The molecule has 0 unspecified atom stereocenters. The number of furan rings is 1. The van der Waals surface area contributed by atoms with Gasteiger partial charge in [-0.3, -0.25) is 4.79 Å². The molecule has 0 aliphatic carbocycles. The van der Waals surface area contributed by atoms with Crippen LogP contribution in [0, 0.1) is 6.92 Å². The van der Waals surface area contributed by atoms with E-state index in [1.807, 2.05) is 0 Å². The highest BCUT2D eigenvalue weighted by Gasteiger charge is 2.22. The molecule has 0 bridgehead atoms. The predicted molar refractivity (Wildman–Crippen MR) is 93.2 cm³/mol. The van der Waals surface area contributed by atoms with Gasteiger partial charge in [-0.05, 0) is 47.7 Å². The van der Waals surface area contributed by atoms with Gasteiger partial charge in [-0.1, -0.05) is 23.7 Å². The second-order valence-electron chi connectivity index (χ2n) is 5.29. The summed E-state index contributed by atoms with van der Waals surface area (Å²) in [5, 5.41) is 11.9. The number of rotatable bonds is 5. The molecule has 24 heavy (non-hydrogen) atoms. The van der Waals surface area contributed by atoms with E-state index in [0.29, 0.717) is 21.2 Å². The summed E-state index contributed by atoms with van der Waals surface area (Å²) in [7, 11) is 0. The third kappa shape index (κ3) is 3.27. The number of carboxylic acids is 1. The van der Waals surface area contributed by atoms with E-state index >= 15 is 0 Å². The van der Waals surface area contributed by atoms with Crippen LogP contribution in [0.4, 0.5) is 0 Å². The van der Waals surface area contributed by atoms with E-state index in [1.54, 1.807) is 48.7 Å². The van der Waals surface area contributed by atoms with Crippen molar-refractivity contribution in [2.75, 3.05) is 0 Å². The van der Waals surface area contributed by atoms with Crippen molar-refractivity contribution in [2.24, 2.45) is 0 Å². The van der Waals surface area contributed by atoms with Crippen LogP contribution in [0.2, 0.25) is 5.02 Å². The molecule has 0 saturated carbocycles. The standard InChI is InChI=1S/C18H13ClO4S/c1-10-2-7-15(23-10)14(20)8-12-9-24-17(16(12)18(21)22)11-3-5-13(19)6-4-11/h2-7,9H,8H2,1H3,(H,21,22). The summed E-state index contributed by atoms with van der Waals surface area (Å²) in [6.45, 7) is 1.75. The van der Waals surface area contributed by atoms with Crippen LogP contribution in [0.25, 0.3) is 10.4 Å². The topological polar surface area (TPSA) is 67.5 Å². The Balaban J connectivity index is 1.96. The average molecular weight is 361 g/mol. The number of aromatic carboxylic acids is 1. The number of hydrogen-bond donors (Lipinski definition) is 1. The first-order valence-electron chi connectivity index (χ1n) is 7.15. The summed E-state index contributed by atoms with van der Waals surface area (Å²) in [5.41, 5.74) is 1.39. The lowest BCUT2D eigenvalue weighted by molar-refractivity contribution is 0.0697. The number of aryl methyl sites for hydroxylation is 1. The van der Waals surface area contributed by atoms with Gasteiger partial charge in [-0.15, -0.1) is 11.3 Å². The lowest BCUT2D eigenvalue weighted by atomic mass is 10.0. The highest BCUT2D eigenvalue weighted by atomic mass is 35.5. The number of benzene rings is 1. The molecule has 4 nitrogen and oxygen atoms in total. The summed E-state index contributed by atoms with van der Waals surface area (Å²) in [6, 6.07) is 10.3. The highest BCUT2D eigenvalue weighted by Crippen LogP contribution is 2.34. The molecule has 0 fully saturated rings. The molecule has 0 radical (unpaired) electrons. The Bertz CT molecular complexity index is 906. The molecule has 0 atom stereocenters. The fourth-order valence-corrected chi connectivity index (χ4v) is 3.61. The van der Waals surface area contributed by atoms with E-state index in [2.05, 4.69) is 0 Å². The number of thiophene rings is 1. The SMILES string of the molecule is Cc1ccc(C(=O)Cc2csc(-c3ccc(Cl)cc3)c2C(=O)O)o1. The number of ketones is 1. The fourth-order valence-electron chi connectivity index (χ4n) is 2.42. The predicted octanol–water partition coefficient (Wildman–Crippen LogP) is 5.09. The summed E-state index contributed by atoms with van der Waals surface area (Å²) in [6.07, 6.45) is -0.0152. The Hall–Kier alpha value is -2.37. The smallest absolute Gasteiger partial charge is 0.337 e. The molecule has 0 saturated heterocycles. The zero-order valence-corrected chi connectivity index (χ0v) is 14.3. The second kappa shape index (κ2) is 6.63. The van der Waals surface area contributed by atoms with Gasteiger partial charge in [0.25, 0.3) is 0 Å². The third-order valence-corrected chi connectivity index (χ3v) is 4.88. The molecule has 3 rings (SSSR count). The first kappa shape index (κ1) is 16.5. The van der Waals surface area contributed by atoms with E-state index in [0.717, 1.165) is 5.56 Å². The number of halogens is 1. The van der Waals surface area contributed by atoms with Crippen LogP contribution < -0.4 is 0 Å². The second-order valence-corrected chi connectivity index (χ2v) is 6.60. The molecule has 0 aliphatic heterocycles. The molecule has 6 heteroatoms. The van der Waals surface area contributed by atoms with Crippen LogP contribution in [-0.2, 0) is 6.42 Å². The molecule has 0 amide bonds. The van der Waals surface area contributed by atoms with Gasteiger partial charge < -0.3 is 9.52 Å². The van der Waals surface area contributed by atoms with E-state index in [9.17, 15) is 14.7 Å². The normalized spacial score (nSPS) is 10.8. The zero-order chi connectivity index (χ0) is 17.3. The molecule has 122 valence electrons. The molecule has 0 spiro atoms. The van der Waals surface area contributed by atoms with E-state index < -0.39 is 5.97 Å². The minimum Gasteiger partial charge on any atom is -0.478 e. The monoisotopic (exact) mass is 360 g/mol. The van der Waals surface area contributed by atoms with Crippen molar-refractivity contribution in [3.63, 3.8) is 0 Å². The number of carbonyl (C=O) groups is 2. The van der Waals surface area contributed by atoms with Crippen LogP contribution >= 0.6 is 22.9 Å². The van der Waals surface area contributed by atoms with Crippen LogP contribution in [0.1, 0.15) is 32.2 Å². The summed E-state index contributed by atoms with van der Waals surface area (Å²) >= 11 is 7.18.